The van der Waals surface area contributed by atoms with Crippen molar-refractivity contribution < 1.29 is 40.4 Å². The fourth-order valence-electron chi connectivity index (χ4n) is 3.41. The lowest BCUT2D eigenvalue weighted by Crippen LogP contribution is -2.43. The summed E-state index contributed by atoms with van der Waals surface area (Å²) in [4.78, 5) is 17.5. The number of thiophene rings is 1. The molecular weight excluding hydrogens is 539 g/mol. The first-order valence-corrected chi connectivity index (χ1v) is 11.5. The number of carbonyl (C=O) groups is 1. The summed E-state index contributed by atoms with van der Waals surface area (Å²) in [7, 11) is 0. The van der Waals surface area contributed by atoms with Crippen LogP contribution >= 0.6 is 22.9 Å². The van der Waals surface area contributed by atoms with E-state index in [0.717, 1.165) is 11.3 Å². The van der Waals surface area contributed by atoms with E-state index in [4.69, 9.17) is 16.9 Å². The quantitative estimate of drug-likeness (QED) is 0.238. The maximum atomic E-state index is 14.3. The Kier molecular flexibility index (Phi) is 7.90. The largest absolute Gasteiger partial charge is 0.432 e. The van der Waals surface area contributed by atoms with Crippen LogP contribution in [0, 0.1) is 30.0 Å². The van der Waals surface area contributed by atoms with Gasteiger partial charge < -0.3 is 10.2 Å². The Balaban J connectivity index is 1.84. The molecule has 1 atom stereocenters. The summed E-state index contributed by atoms with van der Waals surface area (Å²) in [5.41, 5.74) is -2.68. The number of hydrogen-bond donors (Lipinski definition) is 1. The van der Waals surface area contributed by atoms with Crippen LogP contribution in [0.3, 0.4) is 0 Å². The number of nitriles is 1. The van der Waals surface area contributed by atoms with Crippen LogP contribution in [-0.2, 0) is 11.0 Å². The van der Waals surface area contributed by atoms with Gasteiger partial charge in [0.1, 0.15) is 5.82 Å². The van der Waals surface area contributed by atoms with Crippen LogP contribution < -0.4 is 5.32 Å². The fourth-order valence-corrected chi connectivity index (χ4v) is 4.65. The van der Waals surface area contributed by atoms with Crippen LogP contribution in [0.15, 0.2) is 23.4 Å². The van der Waals surface area contributed by atoms with Crippen LogP contribution in [0.5, 0.6) is 0 Å². The Morgan fingerprint density at radius 2 is 1.89 bits per heavy atom. The van der Waals surface area contributed by atoms with Crippen molar-refractivity contribution in [3.8, 4) is 6.07 Å². The van der Waals surface area contributed by atoms with E-state index < -0.39 is 46.3 Å². The molecule has 2 aromatic rings. The highest BCUT2D eigenvalue weighted by atomic mass is 35.5. The highest BCUT2D eigenvalue weighted by molar-refractivity contribution is 7.16. The Bertz CT molecular complexity index is 1230. The van der Waals surface area contributed by atoms with Crippen LogP contribution in [0.25, 0.3) is 0 Å². The predicted molar refractivity (Wildman–Crippen MR) is 117 cm³/mol. The third-order valence-electron chi connectivity index (χ3n) is 5.39. The summed E-state index contributed by atoms with van der Waals surface area (Å²) in [6.45, 7) is 2.86. The van der Waals surface area contributed by atoms with Gasteiger partial charge in [-0.3, -0.25) is 4.79 Å². The zero-order chi connectivity index (χ0) is 27.0. The molecule has 3 rings (SSSR count). The summed E-state index contributed by atoms with van der Waals surface area (Å²) >= 11 is 6.32. The van der Waals surface area contributed by atoms with Gasteiger partial charge in [0.25, 0.3) is 5.91 Å². The molecule has 1 N–H and O–H groups in total. The second-order valence-corrected chi connectivity index (χ2v) is 9.61. The van der Waals surface area contributed by atoms with E-state index in [1.165, 1.54) is 13.0 Å². The molecule has 36 heavy (non-hydrogen) atoms. The van der Waals surface area contributed by atoms with Gasteiger partial charge in [-0.15, -0.1) is 11.3 Å². The minimum atomic E-state index is -5.33. The maximum absolute atomic E-state index is 14.3. The molecular formula is C22H17ClF7N3O2S. The lowest BCUT2D eigenvalue weighted by Gasteiger charge is -2.31. The average molecular weight is 556 g/mol. The fraction of sp³-hybridized carbons (Fsp3) is 0.409. The van der Waals surface area contributed by atoms with Gasteiger partial charge in [0, 0.05) is 11.6 Å². The molecule has 1 heterocycles. The smallest absolute Gasteiger partial charge is 0.377 e. The molecule has 5 nitrogen and oxygen atoms in total. The van der Waals surface area contributed by atoms with Crippen molar-refractivity contribution in [1.82, 2.24) is 5.32 Å². The first kappa shape index (κ1) is 27.7. The van der Waals surface area contributed by atoms with E-state index in [9.17, 15) is 35.5 Å². The van der Waals surface area contributed by atoms with Crippen LogP contribution in [0.2, 0.25) is 5.02 Å². The number of carbonyl (C=O) groups excluding carboxylic acids is 1. The van der Waals surface area contributed by atoms with Gasteiger partial charge >= 0.3 is 12.4 Å². The molecule has 1 saturated carbocycles. The highest BCUT2D eigenvalue weighted by Gasteiger charge is 2.47. The minimum absolute atomic E-state index is 0.0285. The molecule has 1 fully saturated rings. The second kappa shape index (κ2) is 10.3. The lowest BCUT2D eigenvalue weighted by molar-refractivity contribution is -0.225. The molecule has 1 unspecified atom stereocenters. The number of hydrogen-bond acceptors (Lipinski definition) is 5. The first-order valence-electron chi connectivity index (χ1n) is 10.3. The van der Waals surface area contributed by atoms with Crippen molar-refractivity contribution in [1.29, 1.82) is 5.26 Å². The van der Waals surface area contributed by atoms with E-state index in [-0.39, 0.29) is 39.6 Å². The van der Waals surface area contributed by atoms with Gasteiger partial charge in [-0.05, 0) is 50.5 Å². The summed E-state index contributed by atoms with van der Waals surface area (Å²) in [6.07, 6.45) is -12.6. The standard InChI is InChI=1S/C22H17ClF7N3O2S/c1-9-3-16(36-18(9)20(34)32-13-4-11(5-13)8-31)10(2)33-35-19(22(28,29)30)14-6-12(21(25,26)27)7-15(23)17(14)24/h3,6-7,11,13,19H,4-5H2,1-2H3,(H,32,34)/b33-10+. The van der Waals surface area contributed by atoms with E-state index in [0.29, 0.717) is 18.4 Å². The molecule has 0 aliphatic heterocycles. The summed E-state index contributed by atoms with van der Waals surface area (Å²) in [5, 5.41) is 13.8. The Labute approximate surface area is 209 Å². The van der Waals surface area contributed by atoms with Crippen LogP contribution in [0.1, 0.15) is 57.1 Å². The van der Waals surface area contributed by atoms with Gasteiger partial charge in [0.15, 0.2) is 0 Å². The molecule has 0 spiro atoms. The molecule has 1 aliphatic carbocycles. The number of amides is 1. The third-order valence-corrected chi connectivity index (χ3v) is 7.01. The van der Waals surface area contributed by atoms with Crippen molar-refractivity contribution >= 4 is 34.6 Å². The molecule has 1 aromatic heterocycles. The highest BCUT2D eigenvalue weighted by Crippen LogP contribution is 2.42. The molecule has 194 valence electrons. The van der Waals surface area contributed by atoms with Crippen molar-refractivity contribution in [3.05, 3.63) is 55.5 Å². The van der Waals surface area contributed by atoms with Crippen LogP contribution in [0.4, 0.5) is 30.7 Å². The van der Waals surface area contributed by atoms with Gasteiger partial charge in [-0.1, -0.05) is 16.8 Å². The van der Waals surface area contributed by atoms with Crippen molar-refractivity contribution in [3.63, 3.8) is 0 Å². The van der Waals surface area contributed by atoms with Crippen molar-refractivity contribution in [2.45, 2.75) is 51.2 Å². The molecule has 14 heteroatoms. The number of alkyl halides is 6. The van der Waals surface area contributed by atoms with E-state index >= 15 is 0 Å². The van der Waals surface area contributed by atoms with Gasteiger partial charge in [-0.25, -0.2) is 4.39 Å². The maximum Gasteiger partial charge on any atom is 0.432 e. The number of rotatable bonds is 6. The third kappa shape index (κ3) is 6.10. The Morgan fingerprint density at radius 3 is 2.44 bits per heavy atom. The molecule has 0 radical (unpaired) electrons. The number of halogens is 8. The second-order valence-electron chi connectivity index (χ2n) is 8.15. The number of nitrogens with zero attached hydrogens (tertiary/aromatic N) is 2. The van der Waals surface area contributed by atoms with Gasteiger partial charge in [0.05, 0.1) is 38.0 Å². The first-order chi connectivity index (χ1) is 16.6. The number of oxime groups is 1. The van der Waals surface area contributed by atoms with E-state index in [1.807, 2.05) is 0 Å². The van der Waals surface area contributed by atoms with E-state index in [2.05, 4.69) is 21.4 Å². The number of benzene rings is 1. The monoisotopic (exact) mass is 555 g/mol. The van der Waals surface area contributed by atoms with Gasteiger partial charge in [0.2, 0.25) is 6.10 Å². The normalized spacial score (nSPS) is 19.3. The van der Waals surface area contributed by atoms with Crippen molar-refractivity contribution in [2.75, 3.05) is 0 Å². The molecule has 1 amide bonds. The van der Waals surface area contributed by atoms with E-state index in [1.54, 1.807) is 6.92 Å². The van der Waals surface area contributed by atoms with Crippen LogP contribution in [-0.4, -0.2) is 23.8 Å². The van der Waals surface area contributed by atoms with Gasteiger partial charge in [-0.2, -0.15) is 31.6 Å². The SMILES string of the molecule is C/C(=N\OC(c1cc(C(F)(F)F)cc(Cl)c1F)C(F)(F)F)c1cc(C)c(C(=O)NC2CC(C#N)C2)s1. The number of nitrogens with one attached hydrogen (secondary N) is 1. The topological polar surface area (TPSA) is 74.5 Å². The molecule has 1 aliphatic rings. The molecule has 0 bridgehead atoms. The Morgan fingerprint density at radius 1 is 1.25 bits per heavy atom. The summed E-state index contributed by atoms with van der Waals surface area (Å²) < 4.78 is 94.4. The summed E-state index contributed by atoms with van der Waals surface area (Å²) in [5.74, 6) is -2.27. The average Bonchev–Trinajstić information content (AvgIpc) is 3.13. The molecule has 0 saturated heterocycles. The zero-order valence-corrected chi connectivity index (χ0v) is 20.1. The predicted octanol–water partition coefficient (Wildman–Crippen LogP) is 6.94. The number of aryl methyl sites for hydroxylation is 1. The Hall–Kier alpha value is -2.85. The minimum Gasteiger partial charge on any atom is -0.377 e. The lowest BCUT2D eigenvalue weighted by atomic mass is 9.81. The van der Waals surface area contributed by atoms with Crippen molar-refractivity contribution in [2.24, 2.45) is 11.1 Å². The molecule has 1 aromatic carbocycles. The summed E-state index contributed by atoms with van der Waals surface area (Å²) in [6, 6.07) is 3.55. The zero-order valence-electron chi connectivity index (χ0n) is 18.5.